The smallest absolute Gasteiger partial charge is 0.0503 e. The van der Waals surface area contributed by atoms with Gasteiger partial charge < -0.3 is 0 Å². The summed E-state index contributed by atoms with van der Waals surface area (Å²) in [5, 5.41) is 0. The molecule has 0 radical (unpaired) electrons. The number of nitrogens with zero attached hydrogens (tertiary/aromatic N) is 1. The number of nitrogens with two attached hydrogens (primary N) is 1. The molecule has 1 aliphatic carbocycles. The first-order valence-electron chi connectivity index (χ1n) is 7.12. The molecule has 1 atom stereocenters. The number of aryl methyl sites for hydroxylation is 1. The molecular weight excluding hydrogens is 222 g/mol. The van der Waals surface area contributed by atoms with Gasteiger partial charge in [-0.15, -0.1) is 0 Å². The van der Waals surface area contributed by atoms with E-state index in [1.54, 1.807) is 0 Å². The largest absolute Gasteiger partial charge is 0.271 e. The maximum Gasteiger partial charge on any atom is 0.0503 e. The van der Waals surface area contributed by atoms with Gasteiger partial charge in [0.25, 0.3) is 0 Å². The van der Waals surface area contributed by atoms with E-state index < -0.39 is 0 Å². The van der Waals surface area contributed by atoms with Gasteiger partial charge in [-0.05, 0) is 42.7 Å². The molecule has 0 aliphatic heterocycles. The lowest BCUT2D eigenvalue weighted by molar-refractivity contribution is 0.219. The summed E-state index contributed by atoms with van der Waals surface area (Å²) in [4.78, 5) is 4.28. The molecule has 2 rings (SSSR count). The van der Waals surface area contributed by atoms with E-state index in [4.69, 9.17) is 5.84 Å². The predicted molar refractivity (Wildman–Crippen MR) is 74.8 cm³/mol. The van der Waals surface area contributed by atoms with E-state index in [1.807, 2.05) is 12.4 Å². The number of aromatic nitrogens is 1. The normalized spacial score (nSPS) is 25.9. The van der Waals surface area contributed by atoms with Crippen molar-refractivity contribution in [3.8, 4) is 0 Å². The van der Waals surface area contributed by atoms with Gasteiger partial charge in [0.15, 0.2) is 0 Å². The summed E-state index contributed by atoms with van der Waals surface area (Å²) in [5.74, 6) is 7.36. The molecule has 0 saturated heterocycles. The second kappa shape index (κ2) is 6.30. The Labute approximate surface area is 110 Å². The van der Waals surface area contributed by atoms with E-state index in [-0.39, 0.29) is 6.04 Å². The minimum absolute atomic E-state index is 0.259. The quantitative estimate of drug-likeness (QED) is 0.635. The van der Waals surface area contributed by atoms with Gasteiger partial charge in [0.2, 0.25) is 0 Å². The van der Waals surface area contributed by atoms with Crippen LogP contribution in [0.15, 0.2) is 18.5 Å². The maximum atomic E-state index is 5.78. The third-order valence-electron chi connectivity index (χ3n) is 4.37. The van der Waals surface area contributed by atoms with E-state index in [9.17, 15) is 0 Å². The Hall–Kier alpha value is -0.930. The van der Waals surface area contributed by atoms with Crippen molar-refractivity contribution in [1.82, 2.24) is 10.4 Å². The Kier molecular flexibility index (Phi) is 4.72. The lowest BCUT2D eigenvalue weighted by Gasteiger charge is -2.33. The van der Waals surface area contributed by atoms with E-state index in [1.165, 1.54) is 43.2 Å². The molecule has 0 bridgehead atoms. The molecule has 3 heteroatoms. The second-order valence-electron chi connectivity index (χ2n) is 5.63. The highest BCUT2D eigenvalue weighted by molar-refractivity contribution is 5.20. The van der Waals surface area contributed by atoms with Crippen LogP contribution in [0.1, 0.15) is 56.2 Å². The molecule has 1 fully saturated rings. The highest BCUT2D eigenvalue weighted by Gasteiger charge is 2.27. The Bertz CT molecular complexity index is 370. The highest BCUT2D eigenvalue weighted by atomic mass is 15.2. The lowest BCUT2D eigenvalue weighted by atomic mass is 9.76. The number of hydrogen-bond donors (Lipinski definition) is 2. The number of rotatable bonds is 4. The molecule has 0 spiro atoms. The third-order valence-corrected chi connectivity index (χ3v) is 4.37. The average Bonchev–Trinajstić information content (AvgIpc) is 2.40. The average molecular weight is 247 g/mol. The van der Waals surface area contributed by atoms with Crippen LogP contribution in [-0.2, 0) is 0 Å². The van der Waals surface area contributed by atoms with Crippen LogP contribution in [0.5, 0.6) is 0 Å². The molecule has 3 nitrogen and oxygen atoms in total. The standard InChI is InChI=1S/C15H25N3/c1-3-12-4-6-13(7-5-12)15(18-16)14-8-11(2)9-17-10-14/h8-10,12-13,15,18H,3-7,16H2,1-2H3. The van der Waals surface area contributed by atoms with Crippen LogP contribution in [0.3, 0.4) is 0 Å². The molecule has 1 aromatic heterocycles. The van der Waals surface area contributed by atoms with Crippen molar-refractivity contribution in [3.63, 3.8) is 0 Å². The van der Waals surface area contributed by atoms with Gasteiger partial charge in [0, 0.05) is 12.4 Å². The fourth-order valence-electron chi connectivity index (χ4n) is 3.18. The molecule has 3 N–H and O–H groups in total. The zero-order valence-electron chi connectivity index (χ0n) is 11.5. The van der Waals surface area contributed by atoms with Crippen molar-refractivity contribution < 1.29 is 0 Å². The van der Waals surface area contributed by atoms with E-state index >= 15 is 0 Å². The topological polar surface area (TPSA) is 50.9 Å². The summed E-state index contributed by atoms with van der Waals surface area (Å²) in [6, 6.07) is 2.46. The molecule has 1 saturated carbocycles. The number of hydrogen-bond acceptors (Lipinski definition) is 3. The minimum atomic E-state index is 0.259. The van der Waals surface area contributed by atoms with Gasteiger partial charge in [-0.2, -0.15) is 0 Å². The van der Waals surface area contributed by atoms with E-state index in [0.29, 0.717) is 5.92 Å². The van der Waals surface area contributed by atoms with E-state index in [2.05, 4.69) is 30.3 Å². The van der Waals surface area contributed by atoms with Crippen LogP contribution >= 0.6 is 0 Å². The molecule has 18 heavy (non-hydrogen) atoms. The van der Waals surface area contributed by atoms with Gasteiger partial charge >= 0.3 is 0 Å². The van der Waals surface area contributed by atoms with Gasteiger partial charge in [-0.25, -0.2) is 0 Å². The van der Waals surface area contributed by atoms with Crippen molar-refractivity contribution in [2.45, 2.75) is 52.0 Å². The second-order valence-corrected chi connectivity index (χ2v) is 5.63. The van der Waals surface area contributed by atoms with Crippen molar-refractivity contribution in [2.75, 3.05) is 0 Å². The molecule has 0 amide bonds. The molecule has 1 unspecified atom stereocenters. The first-order valence-corrected chi connectivity index (χ1v) is 7.12. The van der Waals surface area contributed by atoms with Gasteiger partial charge in [0.1, 0.15) is 0 Å². The molecule has 1 aliphatic rings. The minimum Gasteiger partial charge on any atom is -0.271 e. The molecule has 1 heterocycles. The van der Waals surface area contributed by atoms with Crippen LogP contribution in [-0.4, -0.2) is 4.98 Å². The fraction of sp³-hybridized carbons (Fsp3) is 0.667. The maximum absolute atomic E-state index is 5.78. The van der Waals surface area contributed by atoms with Crippen molar-refractivity contribution >= 4 is 0 Å². The molecule has 100 valence electrons. The summed E-state index contributed by atoms with van der Waals surface area (Å²) in [5.41, 5.74) is 5.45. The highest BCUT2D eigenvalue weighted by Crippen LogP contribution is 2.37. The Morgan fingerprint density at radius 1 is 1.33 bits per heavy atom. The van der Waals surface area contributed by atoms with Crippen LogP contribution in [0.25, 0.3) is 0 Å². The summed E-state index contributed by atoms with van der Waals surface area (Å²) in [6.45, 7) is 4.38. The van der Waals surface area contributed by atoms with Crippen molar-refractivity contribution in [1.29, 1.82) is 0 Å². The van der Waals surface area contributed by atoms with Gasteiger partial charge in [0.05, 0.1) is 6.04 Å². The van der Waals surface area contributed by atoms with E-state index in [0.717, 1.165) is 5.92 Å². The van der Waals surface area contributed by atoms with Crippen LogP contribution < -0.4 is 11.3 Å². The summed E-state index contributed by atoms with van der Waals surface area (Å²) in [7, 11) is 0. The summed E-state index contributed by atoms with van der Waals surface area (Å²) in [6.07, 6.45) is 10.4. The zero-order valence-corrected chi connectivity index (χ0v) is 11.5. The van der Waals surface area contributed by atoms with Gasteiger partial charge in [-0.1, -0.05) is 32.3 Å². The fourth-order valence-corrected chi connectivity index (χ4v) is 3.18. The third kappa shape index (κ3) is 3.09. The zero-order chi connectivity index (χ0) is 13.0. The van der Waals surface area contributed by atoms with Crippen LogP contribution in [0.4, 0.5) is 0 Å². The predicted octanol–water partition coefficient (Wildman–Crippen LogP) is 3.11. The number of pyridine rings is 1. The Morgan fingerprint density at radius 3 is 2.61 bits per heavy atom. The van der Waals surface area contributed by atoms with Crippen molar-refractivity contribution in [3.05, 3.63) is 29.6 Å². The number of hydrazine groups is 1. The molecule has 1 aromatic rings. The van der Waals surface area contributed by atoms with Crippen molar-refractivity contribution in [2.24, 2.45) is 17.7 Å². The lowest BCUT2D eigenvalue weighted by Crippen LogP contribution is -2.35. The molecular formula is C15H25N3. The first kappa shape index (κ1) is 13.5. The van der Waals surface area contributed by atoms with Crippen LogP contribution in [0, 0.1) is 18.8 Å². The Morgan fingerprint density at radius 2 is 2.06 bits per heavy atom. The SMILES string of the molecule is CCC1CCC(C(NN)c2cncc(C)c2)CC1. The number of nitrogens with one attached hydrogen (secondary N) is 1. The molecule has 0 aromatic carbocycles. The summed E-state index contributed by atoms with van der Waals surface area (Å²) < 4.78 is 0. The first-order chi connectivity index (χ1) is 8.74. The Balaban J connectivity index is 2.05. The summed E-state index contributed by atoms with van der Waals surface area (Å²) >= 11 is 0. The van der Waals surface area contributed by atoms with Gasteiger partial charge in [-0.3, -0.25) is 16.3 Å². The van der Waals surface area contributed by atoms with Crippen LogP contribution in [0.2, 0.25) is 0 Å². The monoisotopic (exact) mass is 247 g/mol.